The fraction of sp³-hybridized carbons (Fsp3) is 0.450. The molecule has 1 fully saturated rings. The number of fused-ring (bicyclic) bond motifs is 1. The molecule has 148 valence electrons. The van der Waals surface area contributed by atoms with E-state index >= 15 is 0 Å². The number of amides is 2. The molecule has 2 amide bonds. The Balaban J connectivity index is 1.46. The van der Waals surface area contributed by atoms with Crippen LogP contribution in [0.1, 0.15) is 12.0 Å². The summed E-state index contributed by atoms with van der Waals surface area (Å²) in [5.74, 6) is 0.345. The van der Waals surface area contributed by atoms with Crippen molar-refractivity contribution in [1.82, 2.24) is 14.7 Å². The average molecular weight is 384 g/mol. The number of ether oxygens (including phenoxy) is 2. The van der Waals surface area contributed by atoms with Crippen LogP contribution in [0.3, 0.4) is 0 Å². The second-order valence-electron chi connectivity index (χ2n) is 7.15. The van der Waals surface area contributed by atoms with Crippen molar-refractivity contribution in [3.63, 3.8) is 0 Å². The summed E-state index contributed by atoms with van der Waals surface area (Å²) in [5.41, 5.74) is 1.67. The van der Waals surface area contributed by atoms with Crippen molar-refractivity contribution >= 4 is 17.5 Å². The van der Waals surface area contributed by atoms with Gasteiger partial charge in [0.2, 0.25) is 5.91 Å². The minimum Gasteiger partial charge on any atom is -0.482 e. The number of carbonyl (C=O) groups excluding carboxylic acids is 2. The molecule has 2 aliphatic rings. The lowest BCUT2D eigenvalue weighted by atomic mass is 10.1. The van der Waals surface area contributed by atoms with Gasteiger partial charge in [-0.1, -0.05) is 6.07 Å². The largest absolute Gasteiger partial charge is 0.482 e. The van der Waals surface area contributed by atoms with Crippen LogP contribution in [0.2, 0.25) is 0 Å². The van der Waals surface area contributed by atoms with Crippen LogP contribution in [0.5, 0.6) is 5.75 Å². The molecular weight excluding hydrogens is 360 g/mol. The maximum Gasteiger partial charge on any atom is 0.265 e. The summed E-state index contributed by atoms with van der Waals surface area (Å²) < 4.78 is 13.2. The standard InChI is InChI=1S/C20H24N4O4/c1-15-4-5-18-17(10-15)24(20(26)14-28-18)13-19(25)22-7-3-9-27-16(11-22)12-23-8-2-6-21-23/h2,4-6,8,10,16H,3,7,9,11-14H2,1H3. The minimum absolute atomic E-state index is 0.00708. The smallest absolute Gasteiger partial charge is 0.265 e. The van der Waals surface area contributed by atoms with Gasteiger partial charge in [-0.25, -0.2) is 0 Å². The fourth-order valence-electron chi connectivity index (χ4n) is 3.57. The third-order valence-corrected chi connectivity index (χ3v) is 5.00. The van der Waals surface area contributed by atoms with Crippen LogP contribution in [0.25, 0.3) is 0 Å². The van der Waals surface area contributed by atoms with E-state index in [1.807, 2.05) is 42.1 Å². The predicted molar refractivity (Wildman–Crippen MR) is 102 cm³/mol. The molecule has 3 heterocycles. The van der Waals surface area contributed by atoms with Crippen molar-refractivity contribution in [2.45, 2.75) is 26.0 Å². The molecule has 8 nitrogen and oxygen atoms in total. The number of benzene rings is 1. The number of aromatic nitrogens is 2. The van der Waals surface area contributed by atoms with Gasteiger partial charge in [0.05, 0.1) is 18.3 Å². The molecule has 0 saturated carbocycles. The normalized spacial score (nSPS) is 19.8. The van der Waals surface area contributed by atoms with Crippen LogP contribution in [-0.4, -0.2) is 65.4 Å². The first kappa shape index (κ1) is 18.5. The van der Waals surface area contributed by atoms with E-state index in [0.29, 0.717) is 37.7 Å². The van der Waals surface area contributed by atoms with Gasteiger partial charge >= 0.3 is 0 Å². The molecule has 28 heavy (non-hydrogen) atoms. The van der Waals surface area contributed by atoms with Crippen LogP contribution in [0.4, 0.5) is 5.69 Å². The van der Waals surface area contributed by atoms with Gasteiger partial charge in [-0.2, -0.15) is 5.10 Å². The molecule has 1 atom stereocenters. The molecule has 0 N–H and O–H groups in total. The molecule has 0 bridgehead atoms. The van der Waals surface area contributed by atoms with Crippen molar-refractivity contribution < 1.29 is 19.1 Å². The van der Waals surface area contributed by atoms with E-state index in [4.69, 9.17) is 9.47 Å². The van der Waals surface area contributed by atoms with E-state index in [1.165, 1.54) is 4.90 Å². The zero-order valence-electron chi connectivity index (χ0n) is 15.9. The Morgan fingerprint density at radius 2 is 2.25 bits per heavy atom. The Bertz CT molecular complexity index is 852. The molecule has 1 unspecified atom stereocenters. The van der Waals surface area contributed by atoms with Gasteiger partial charge < -0.3 is 14.4 Å². The van der Waals surface area contributed by atoms with Crippen LogP contribution >= 0.6 is 0 Å². The highest BCUT2D eigenvalue weighted by Crippen LogP contribution is 2.32. The summed E-state index contributed by atoms with van der Waals surface area (Å²) >= 11 is 0. The molecule has 1 aromatic heterocycles. The van der Waals surface area contributed by atoms with Gasteiger partial charge in [0, 0.05) is 32.1 Å². The van der Waals surface area contributed by atoms with Gasteiger partial charge in [0.25, 0.3) is 5.91 Å². The topological polar surface area (TPSA) is 76.9 Å². The lowest BCUT2D eigenvalue weighted by Gasteiger charge is -2.31. The molecule has 1 saturated heterocycles. The van der Waals surface area contributed by atoms with Gasteiger partial charge in [0.1, 0.15) is 12.3 Å². The van der Waals surface area contributed by atoms with Crippen LogP contribution in [-0.2, 0) is 20.9 Å². The zero-order valence-corrected chi connectivity index (χ0v) is 15.9. The molecule has 8 heteroatoms. The zero-order chi connectivity index (χ0) is 19.5. The number of hydrogen-bond donors (Lipinski definition) is 0. The van der Waals surface area contributed by atoms with Crippen LogP contribution in [0.15, 0.2) is 36.7 Å². The second-order valence-corrected chi connectivity index (χ2v) is 7.15. The molecule has 2 aliphatic heterocycles. The monoisotopic (exact) mass is 384 g/mol. The maximum atomic E-state index is 13.0. The number of hydrogen-bond acceptors (Lipinski definition) is 5. The average Bonchev–Trinajstić information content (AvgIpc) is 3.08. The molecular formula is C20H24N4O4. The third kappa shape index (κ3) is 4.01. The number of nitrogens with zero attached hydrogens (tertiary/aromatic N) is 4. The maximum absolute atomic E-state index is 13.0. The first-order chi connectivity index (χ1) is 13.6. The van der Waals surface area contributed by atoms with Crippen molar-refractivity contribution in [3.8, 4) is 5.75 Å². The highest BCUT2D eigenvalue weighted by atomic mass is 16.5. The Morgan fingerprint density at radius 1 is 1.36 bits per heavy atom. The van der Waals surface area contributed by atoms with E-state index in [9.17, 15) is 9.59 Å². The Labute approximate surface area is 163 Å². The predicted octanol–water partition coefficient (Wildman–Crippen LogP) is 1.23. The van der Waals surface area contributed by atoms with Crippen LogP contribution < -0.4 is 9.64 Å². The first-order valence-corrected chi connectivity index (χ1v) is 9.51. The lowest BCUT2D eigenvalue weighted by Crippen LogP contribution is -2.48. The van der Waals surface area contributed by atoms with Crippen LogP contribution in [0, 0.1) is 6.92 Å². The SMILES string of the molecule is Cc1ccc2c(c1)N(CC(=O)N1CCCOC(Cn3cccn3)C1)C(=O)CO2. The highest BCUT2D eigenvalue weighted by molar-refractivity contribution is 6.02. The quantitative estimate of drug-likeness (QED) is 0.793. The summed E-state index contributed by atoms with van der Waals surface area (Å²) in [6, 6.07) is 7.52. The number of rotatable bonds is 4. The molecule has 0 radical (unpaired) electrons. The molecule has 0 aliphatic carbocycles. The summed E-state index contributed by atoms with van der Waals surface area (Å²) in [4.78, 5) is 28.8. The van der Waals surface area contributed by atoms with Crippen molar-refractivity contribution in [1.29, 1.82) is 0 Å². The fourth-order valence-corrected chi connectivity index (χ4v) is 3.57. The number of carbonyl (C=O) groups is 2. The molecule has 2 aromatic rings. The summed E-state index contributed by atoms with van der Waals surface area (Å²) in [6.07, 6.45) is 4.25. The Hall–Kier alpha value is -2.87. The first-order valence-electron chi connectivity index (χ1n) is 9.51. The van der Waals surface area contributed by atoms with E-state index in [-0.39, 0.29) is 31.1 Å². The van der Waals surface area contributed by atoms with Crippen molar-refractivity contribution in [2.75, 3.05) is 37.7 Å². The number of anilines is 1. The summed E-state index contributed by atoms with van der Waals surface area (Å²) in [7, 11) is 0. The lowest BCUT2D eigenvalue weighted by molar-refractivity contribution is -0.132. The summed E-state index contributed by atoms with van der Waals surface area (Å²) in [5, 5.41) is 4.21. The van der Waals surface area contributed by atoms with E-state index in [0.717, 1.165) is 12.0 Å². The Morgan fingerprint density at radius 3 is 3.07 bits per heavy atom. The number of aryl methyl sites for hydroxylation is 1. The molecule has 1 aromatic carbocycles. The van der Waals surface area contributed by atoms with E-state index in [1.54, 1.807) is 11.1 Å². The highest BCUT2D eigenvalue weighted by Gasteiger charge is 2.30. The van der Waals surface area contributed by atoms with E-state index in [2.05, 4.69) is 5.10 Å². The molecule has 4 rings (SSSR count). The van der Waals surface area contributed by atoms with Gasteiger partial charge in [0.15, 0.2) is 6.61 Å². The minimum atomic E-state index is -0.203. The summed E-state index contributed by atoms with van der Waals surface area (Å²) in [6.45, 7) is 4.21. The van der Waals surface area contributed by atoms with Crippen molar-refractivity contribution in [3.05, 3.63) is 42.2 Å². The van der Waals surface area contributed by atoms with Gasteiger partial charge in [-0.05, 0) is 37.1 Å². The van der Waals surface area contributed by atoms with E-state index < -0.39 is 0 Å². The molecule has 0 spiro atoms. The third-order valence-electron chi connectivity index (χ3n) is 5.00. The second kappa shape index (κ2) is 8.02. The Kier molecular flexibility index (Phi) is 5.29. The van der Waals surface area contributed by atoms with Crippen molar-refractivity contribution in [2.24, 2.45) is 0 Å². The van der Waals surface area contributed by atoms with Gasteiger partial charge in [-0.3, -0.25) is 19.2 Å². The van der Waals surface area contributed by atoms with Gasteiger partial charge in [-0.15, -0.1) is 0 Å².